The van der Waals surface area contributed by atoms with E-state index in [0.717, 1.165) is 37.9 Å². The van der Waals surface area contributed by atoms with Gasteiger partial charge in [0.25, 0.3) is 0 Å². The third kappa shape index (κ3) is 1.87. The lowest BCUT2D eigenvalue weighted by Crippen LogP contribution is -2.39. The summed E-state index contributed by atoms with van der Waals surface area (Å²) in [4.78, 5) is 14.8. The summed E-state index contributed by atoms with van der Waals surface area (Å²) in [5, 5.41) is 7.68. The van der Waals surface area contributed by atoms with E-state index in [4.69, 9.17) is 0 Å². The van der Waals surface area contributed by atoms with Crippen molar-refractivity contribution in [3.63, 3.8) is 0 Å². The Morgan fingerprint density at radius 2 is 2.00 bits per heavy atom. The number of hydrogen-bond acceptors (Lipinski definition) is 3. The van der Waals surface area contributed by atoms with E-state index < -0.39 is 0 Å². The van der Waals surface area contributed by atoms with Crippen molar-refractivity contribution >= 4 is 5.91 Å². The highest BCUT2D eigenvalue weighted by Crippen LogP contribution is 2.47. The Morgan fingerprint density at radius 1 is 1.25 bits per heavy atom. The summed E-state index contributed by atoms with van der Waals surface area (Å²) in [7, 11) is 0. The molecule has 4 rings (SSSR count). The maximum Gasteiger partial charge on any atom is 0.223 e. The first-order valence-electron chi connectivity index (χ1n) is 7.84. The summed E-state index contributed by atoms with van der Waals surface area (Å²) >= 11 is 0. The molecular weight excluding hydrogens is 252 g/mol. The number of hydrogen-bond donors (Lipinski definition) is 1. The molecule has 5 heteroatoms. The van der Waals surface area contributed by atoms with E-state index in [1.165, 1.54) is 12.8 Å². The van der Waals surface area contributed by atoms with Crippen LogP contribution in [0.2, 0.25) is 0 Å². The highest BCUT2D eigenvalue weighted by Gasteiger charge is 2.55. The molecule has 5 nitrogen and oxygen atoms in total. The smallest absolute Gasteiger partial charge is 0.223 e. The van der Waals surface area contributed by atoms with Crippen LogP contribution in [0.3, 0.4) is 0 Å². The van der Waals surface area contributed by atoms with Gasteiger partial charge in [0.15, 0.2) is 0 Å². The van der Waals surface area contributed by atoms with E-state index >= 15 is 0 Å². The number of aryl methyl sites for hydroxylation is 1. The SMILES string of the molecule is O=C(CCCn1cccn1)N1[C@@H]2CC[C@H]1[C@H]1CNC[C@H]12. The number of carbonyl (C=O) groups is 1. The Hall–Kier alpha value is -1.36. The zero-order valence-electron chi connectivity index (χ0n) is 11.7. The molecule has 0 aromatic carbocycles. The third-order valence-corrected chi connectivity index (χ3v) is 5.40. The summed E-state index contributed by atoms with van der Waals surface area (Å²) in [6.07, 6.45) is 7.75. The average molecular weight is 274 g/mol. The summed E-state index contributed by atoms with van der Waals surface area (Å²) in [6.45, 7) is 3.07. The Morgan fingerprint density at radius 3 is 2.65 bits per heavy atom. The second kappa shape index (κ2) is 4.88. The molecule has 0 spiro atoms. The van der Waals surface area contributed by atoms with Gasteiger partial charge < -0.3 is 10.2 Å². The quantitative estimate of drug-likeness (QED) is 0.886. The topological polar surface area (TPSA) is 50.2 Å². The van der Waals surface area contributed by atoms with Crippen LogP contribution in [0.15, 0.2) is 18.5 Å². The van der Waals surface area contributed by atoms with Crippen LogP contribution in [-0.2, 0) is 11.3 Å². The van der Waals surface area contributed by atoms with Crippen molar-refractivity contribution in [3.8, 4) is 0 Å². The van der Waals surface area contributed by atoms with Gasteiger partial charge in [0, 0.05) is 50.5 Å². The van der Waals surface area contributed by atoms with E-state index in [-0.39, 0.29) is 0 Å². The maximum atomic E-state index is 12.5. The Kier molecular flexibility index (Phi) is 3.02. The molecule has 3 fully saturated rings. The van der Waals surface area contributed by atoms with Crippen molar-refractivity contribution in [1.82, 2.24) is 20.0 Å². The predicted molar refractivity (Wildman–Crippen MR) is 75.0 cm³/mol. The molecule has 3 saturated heterocycles. The maximum absolute atomic E-state index is 12.5. The van der Waals surface area contributed by atoms with Crippen LogP contribution in [0.25, 0.3) is 0 Å². The van der Waals surface area contributed by atoms with Crippen LogP contribution >= 0.6 is 0 Å². The Balaban J connectivity index is 1.35. The predicted octanol–water partition coefficient (Wildman–Crippen LogP) is 0.872. The normalized spacial score (nSPS) is 34.7. The molecule has 3 aliphatic rings. The number of nitrogens with zero attached hydrogens (tertiary/aromatic N) is 3. The minimum Gasteiger partial charge on any atom is -0.336 e. The molecule has 0 saturated carbocycles. The minimum absolute atomic E-state index is 0.374. The van der Waals surface area contributed by atoms with Gasteiger partial charge in [-0.3, -0.25) is 9.48 Å². The summed E-state index contributed by atoms with van der Waals surface area (Å²) in [6, 6.07) is 2.98. The van der Waals surface area contributed by atoms with Gasteiger partial charge in [-0.15, -0.1) is 0 Å². The van der Waals surface area contributed by atoms with Crippen molar-refractivity contribution < 1.29 is 4.79 Å². The standard InChI is InChI=1S/C15H22N4O/c20-15(3-1-7-18-8-2-6-17-18)19-13-4-5-14(19)12-10-16-9-11(12)13/h2,6,8,11-14,16H,1,3-5,7,9-10H2/t11-,12+,13-,14+. The van der Waals surface area contributed by atoms with Crippen LogP contribution in [0.4, 0.5) is 0 Å². The molecular formula is C15H22N4O. The van der Waals surface area contributed by atoms with Gasteiger partial charge in [0.05, 0.1) is 0 Å². The van der Waals surface area contributed by atoms with Crippen LogP contribution in [0.1, 0.15) is 25.7 Å². The van der Waals surface area contributed by atoms with Crippen molar-refractivity contribution in [1.29, 1.82) is 0 Å². The first kappa shape index (κ1) is 12.4. The molecule has 108 valence electrons. The fourth-order valence-electron chi connectivity index (χ4n) is 4.59. The lowest BCUT2D eigenvalue weighted by molar-refractivity contribution is -0.133. The first-order valence-corrected chi connectivity index (χ1v) is 7.84. The highest BCUT2D eigenvalue weighted by molar-refractivity contribution is 5.77. The number of nitrogens with one attached hydrogen (secondary N) is 1. The van der Waals surface area contributed by atoms with Crippen LogP contribution < -0.4 is 5.32 Å². The summed E-state index contributed by atoms with van der Waals surface area (Å²) < 4.78 is 1.91. The van der Waals surface area contributed by atoms with Crippen LogP contribution in [0.5, 0.6) is 0 Å². The van der Waals surface area contributed by atoms with E-state index in [0.29, 0.717) is 24.4 Å². The van der Waals surface area contributed by atoms with Gasteiger partial charge in [0.2, 0.25) is 5.91 Å². The molecule has 0 aliphatic carbocycles. The molecule has 0 unspecified atom stereocenters. The van der Waals surface area contributed by atoms with Crippen LogP contribution in [0, 0.1) is 11.8 Å². The van der Waals surface area contributed by atoms with E-state index in [2.05, 4.69) is 15.3 Å². The molecule has 1 N–H and O–H groups in total. The molecule has 1 amide bonds. The van der Waals surface area contributed by atoms with Gasteiger partial charge in [0.1, 0.15) is 0 Å². The molecule has 2 bridgehead atoms. The first-order chi connectivity index (χ1) is 9.84. The van der Waals surface area contributed by atoms with Crippen molar-refractivity contribution in [2.24, 2.45) is 11.8 Å². The molecule has 3 aliphatic heterocycles. The Labute approximate surface area is 119 Å². The van der Waals surface area contributed by atoms with Gasteiger partial charge in [-0.25, -0.2) is 0 Å². The molecule has 0 radical (unpaired) electrons. The third-order valence-electron chi connectivity index (χ3n) is 5.40. The highest BCUT2D eigenvalue weighted by atomic mass is 16.2. The van der Waals surface area contributed by atoms with Crippen molar-refractivity contribution in [3.05, 3.63) is 18.5 Å². The monoisotopic (exact) mass is 274 g/mol. The number of amides is 1. The lowest BCUT2D eigenvalue weighted by Gasteiger charge is -2.24. The molecule has 20 heavy (non-hydrogen) atoms. The molecule has 1 aromatic heterocycles. The molecule has 4 atom stereocenters. The van der Waals surface area contributed by atoms with E-state index in [1.807, 2.05) is 16.9 Å². The number of aromatic nitrogens is 2. The van der Waals surface area contributed by atoms with Crippen molar-refractivity contribution in [2.75, 3.05) is 13.1 Å². The van der Waals surface area contributed by atoms with E-state index in [1.54, 1.807) is 6.20 Å². The van der Waals surface area contributed by atoms with Gasteiger partial charge >= 0.3 is 0 Å². The minimum atomic E-state index is 0.374. The lowest BCUT2D eigenvalue weighted by atomic mass is 9.82. The van der Waals surface area contributed by atoms with Gasteiger partial charge in [-0.05, 0) is 37.2 Å². The van der Waals surface area contributed by atoms with Crippen molar-refractivity contribution in [2.45, 2.75) is 44.3 Å². The second-order valence-electron chi connectivity index (χ2n) is 6.37. The van der Waals surface area contributed by atoms with Crippen LogP contribution in [-0.4, -0.2) is 45.8 Å². The van der Waals surface area contributed by atoms with E-state index in [9.17, 15) is 4.79 Å². The largest absolute Gasteiger partial charge is 0.336 e. The molecule has 4 heterocycles. The zero-order chi connectivity index (χ0) is 13.5. The Bertz CT molecular complexity index is 468. The van der Waals surface area contributed by atoms with Gasteiger partial charge in [-0.2, -0.15) is 5.10 Å². The fourth-order valence-corrected chi connectivity index (χ4v) is 4.59. The second-order valence-corrected chi connectivity index (χ2v) is 6.37. The fraction of sp³-hybridized carbons (Fsp3) is 0.733. The summed E-state index contributed by atoms with van der Waals surface area (Å²) in [5.74, 6) is 1.83. The number of carbonyl (C=O) groups excluding carboxylic acids is 1. The number of fused-ring (bicyclic) bond motifs is 5. The molecule has 1 aromatic rings. The zero-order valence-corrected chi connectivity index (χ0v) is 11.7. The number of rotatable bonds is 4. The van der Waals surface area contributed by atoms with Gasteiger partial charge in [-0.1, -0.05) is 0 Å². The average Bonchev–Trinajstić information content (AvgIpc) is 3.20. The summed E-state index contributed by atoms with van der Waals surface area (Å²) in [5.41, 5.74) is 0.